The normalized spacial score (nSPS) is 10.7. The van der Waals surface area contributed by atoms with E-state index in [1.165, 1.54) is 23.5 Å². The maximum Gasteiger partial charge on any atom is 0.350 e. The number of rotatable bonds is 4. The van der Waals surface area contributed by atoms with Crippen LogP contribution in [0.3, 0.4) is 0 Å². The van der Waals surface area contributed by atoms with Crippen molar-refractivity contribution in [1.29, 1.82) is 0 Å². The number of hydrogen-bond acceptors (Lipinski definition) is 6. The first-order valence-electron chi connectivity index (χ1n) is 6.85. The van der Waals surface area contributed by atoms with E-state index in [9.17, 15) is 9.18 Å². The predicted molar refractivity (Wildman–Crippen MR) is 82.6 cm³/mol. The number of thiazole rings is 1. The molecule has 0 amide bonds. The van der Waals surface area contributed by atoms with Crippen molar-refractivity contribution < 1.29 is 18.4 Å². The number of ether oxygens (including phenoxy) is 1. The number of hydrogen-bond donors (Lipinski definition) is 0. The molecule has 0 spiro atoms. The number of aryl methyl sites for hydroxylation is 2. The van der Waals surface area contributed by atoms with Crippen LogP contribution in [0.4, 0.5) is 4.39 Å². The lowest BCUT2D eigenvalue weighted by Crippen LogP contribution is -2.05. The number of carbonyl (C=O) groups is 1. The Morgan fingerprint density at radius 1 is 1.30 bits per heavy atom. The van der Waals surface area contributed by atoms with Gasteiger partial charge in [-0.05, 0) is 38.1 Å². The monoisotopic (exact) mass is 332 g/mol. The molecular weight excluding hydrogens is 319 g/mol. The molecule has 3 rings (SSSR count). The van der Waals surface area contributed by atoms with Gasteiger partial charge in [-0.15, -0.1) is 11.3 Å². The molecule has 3 aromatic rings. The van der Waals surface area contributed by atoms with Gasteiger partial charge in [-0.25, -0.2) is 14.2 Å². The van der Waals surface area contributed by atoms with Crippen LogP contribution in [0.2, 0.25) is 0 Å². The second kappa shape index (κ2) is 6.29. The zero-order valence-corrected chi connectivity index (χ0v) is 13.3. The van der Waals surface area contributed by atoms with E-state index in [0.717, 1.165) is 5.01 Å². The molecule has 0 saturated carbocycles. The first kappa shape index (κ1) is 15.4. The third kappa shape index (κ3) is 3.45. The van der Waals surface area contributed by atoms with E-state index in [-0.39, 0.29) is 12.4 Å². The topological polar surface area (TPSA) is 65.2 Å². The minimum absolute atomic E-state index is 0.0000837. The second-order valence-electron chi connectivity index (χ2n) is 4.91. The molecule has 0 saturated heterocycles. The van der Waals surface area contributed by atoms with E-state index in [4.69, 9.17) is 9.26 Å². The first-order valence-corrected chi connectivity index (χ1v) is 7.67. The molecule has 5 nitrogen and oxygen atoms in total. The zero-order valence-electron chi connectivity index (χ0n) is 12.5. The van der Waals surface area contributed by atoms with Crippen molar-refractivity contribution in [3.05, 3.63) is 57.4 Å². The average Bonchev–Trinajstić information content (AvgIpc) is 3.12. The molecule has 1 aromatic carbocycles. The van der Waals surface area contributed by atoms with Crippen LogP contribution in [0.25, 0.3) is 11.3 Å². The molecule has 0 fully saturated rings. The first-order chi connectivity index (χ1) is 11.0. The maximum atomic E-state index is 12.9. The third-order valence-corrected chi connectivity index (χ3v) is 4.18. The highest BCUT2D eigenvalue weighted by molar-refractivity contribution is 7.13. The van der Waals surface area contributed by atoms with E-state index >= 15 is 0 Å². The molecule has 0 atom stereocenters. The number of aromatic nitrogens is 2. The molecule has 2 heterocycles. The van der Waals surface area contributed by atoms with E-state index in [0.29, 0.717) is 27.6 Å². The highest BCUT2D eigenvalue weighted by Crippen LogP contribution is 2.22. The van der Waals surface area contributed by atoms with Crippen molar-refractivity contribution in [2.45, 2.75) is 20.5 Å². The summed E-state index contributed by atoms with van der Waals surface area (Å²) >= 11 is 1.30. The fourth-order valence-corrected chi connectivity index (χ4v) is 2.87. The van der Waals surface area contributed by atoms with Crippen molar-refractivity contribution in [1.82, 2.24) is 10.1 Å². The number of halogens is 1. The van der Waals surface area contributed by atoms with Crippen molar-refractivity contribution in [2.75, 3.05) is 0 Å². The summed E-state index contributed by atoms with van der Waals surface area (Å²) < 4.78 is 23.3. The van der Waals surface area contributed by atoms with Gasteiger partial charge in [0.05, 0.1) is 10.7 Å². The molecule has 0 unspecified atom stereocenters. The van der Waals surface area contributed by atoms with Crippen LogP contribution < -0.4 is 0 Å². The number of esters is 1. The van der Waals surface area contributed by atoms with Gasteiger partial charge in [-0.3, -0.25) is 0 Å². The van der Waals surface area contributed by atoms with Crippen molar-refractivity contribution >= 4 is 17.3 Å². The average molecular weight is 332 g/mol. The molecule has 0 aliphatic heterocycles. The fourth-order valence-electron chi connectivity index (χ4n) is 2.06. The fraction of sp³-hybridized carbons (Fsp3) is 0.188. The van der Waals surface area contributed by atoms with Crippen LogP contribution in [-0.4, -0.2) is 16.1 Å². The molecule has 0 bridgehead atoms. The molecule has 0 radical (unpaired) electrons. The lowest BCUT2D eigenvalue weighted by atomic mass is 10.1. The Balaban J connectivity index is 1.66. The zero-order chi connectivity index (χ0) is 16.4. The quantitative estimate of drug-likeness (QED) is 0.678. The van der Waals surface area contributed by atoms with Crippen LogP contribution in [0.15, 0.2) is 34.9 Å². The molecule has 7 heteroatoms. The Bertz CT molecular complexity index is 839. The molecule has 0 N–H and O–H groups in total. The van der Waals surface area contributed by atoms with Crippen LogP contribution in [-0.2, 0) is 11.3 Å². The van der Waals surface area contributed by atoms with Gasteiger partial charge in [0, 0.05) is 11.6 Å². The van der Waals surface area contributed by atoms with E-state index < -0.39 is 5.97 Å². The van der Waals surface area contributed by atoms with Gasteiger partial charge in [-0.1, -0.05) is 5.16 Å². The summed E-state index contributed by atoms with van der Waals surface area (Å²) in [5, 5.41) is 4.66. The molecule has 23 heavy (non-hydrogen) atoms. The second-order valence-corrected chi connectivity index (χ2v) is 6.12. The smallest absolute Gasteiger partial charge is 0.350 e. The predicted octanol–water partition coefficient (Wildman–Crippen LogP) is 3.91. The van der Waals surface area contributed by atoms with E-state index in [2.05, 4.69) is 10.1 Å². The summed E-state index contributed by atoms with van der Waals surface area (Å²) in [5.41, 5.74) is 1.84. The molecule has 0 aliphatic carbocycles. The number of nitrogens with zero attached hydrogens (tertiary/aromatic N) is 2. The van der Waals surface area contributed by atoms with Gasteiger partial charge in [-0.2, -0.15) is 0 Å². The van der Waals surface area contributed by atoms with Gasteiger partial charge >= 0.3 is 5.97 Å². The third-order valence-electron chi connectivity index (χ3n) is 3.13. The summed E-state index contributed by atoms with van der Waals surface area (Å²) in [6.45, 7) is 3.60. The highest BCUT2D eigenvalue weighted by atomic mass is 32.1. The van der Waals surface area contributed by atoms with Crippen molar-refractivity contribution in [3.8, 4) is 11.3 Å². The number of benzene rings is 1. The summed E-state index contributed by atoms with van der Waals surface area (Å²) in [4.78, 5) is 16.7. The Kier molecular flexibility index (Phi) is 4.20. The largest absolute Gasteiger partial charge is 0.455 e. The van der Waals surface area contributed by atoms with Crippen LogP contribution >= 0.6 is 11.3 Å². The van der Waals surface area contributed by atoms with Gasteiger partial charge in [0.25, 0.3) is 0 Å². The highest BCUT2D eigenvalue weighted by Gasteiger charge is 2.16. The standard InChI is InChI=1S/C16H13FN2O3S/c1-9-15(23-10(2)18-9)16(20)21-8-13-7-14(22-19-13)11-3-5-12(17)6-4-11/h3-7H,8H2,1-2H3. The summed E-state index contributed by atoms with van der Waals surface area (Å²) in [6, 6.07) is 7.52. The van der Waals surface area contributed by atoms with Crippen LogP contribution in [0, 0.1) is 19.7 Å². The lowest BCUT2D eigenvalue weighted by molar-refractivity contribution is 0.0469. The van der Waals surface area contributed by atoms with Crippen LogP contribution in [0.1, 0.15) is 26.1 Å². The summed E-state index contributed by atoms with van der Waals surface area (Å²) in [7, 11) is 0. The van der Waals surface area contributed by atoms with E-state index in [1.54, 1.807) is 25.1 Å². The van der Waals surface area contributed by atoms with E-state index in [1.807, 2.05) is 6.92 Å². The Hall–Kier alpha value is -2.54. The Morgan fingerprint density at radius 2 is 2.04 bits per heavy atom. The van der Waals surface area contributed by atoms with Crippen LogP contribution in [0.5, 0.6) is 0 Å². The van der Waals surface area contributed by atoms with Crippen molar-refractivity contribution in [3.63, 3.8) is 0 Å². The van der Waals surface area contributed by atoms with Crippen molar-refractivity contribution in [2.24, 2.45) is 0 Å². The molecule has 2 aromatic heterocycles. The van der Waals surface area contributed by atoms with Gasteiger partial charge in [0.2, 0.25) is 0 Å². The molecule has 118 valence electrons. The SMILES string of the molecule is Cc1nc(C)c(C(=O)OCc2cc(-c3ccc(F)cc3)on2)s1. The molecular formula is C16H13FN2O3S. The Morgan fingerprint density at radius 3 is 2.70 bits per heavy atom. The number of carbonyl (C=O) groups excluding carboxylic acids is 1. The Labute approximate surface area is 135 Å². The summed E-state index contributed by atoms with van der Waals surface area (Å²) in [6.07, 6.45) is 0. The minimum atomic E-state index is -0.431. The minimum Gasteiger partial charge on any atom is -0.455 e. The molecule has 0 aliphatic rings. The summed E-state index contributed by atoms with van der Waals surface area (Å²) in [5.74, 6) is -0.266. The lowest BCUT2D eigenvalue weighted by Gasteiger charge is -2.00. The van der Waals surface area contributed by atoms with Gasteiger partial charge in [0.1, 0.15) is 23.0 Å². The maximum absolute atomic E-state index is 12.9. The van der Waals surface area contributed by atoms with Gasteiger partial charge in [0.15, 0.2) is 5.76 Å². The van der Waals surface area contributed by atoms with Gasteiger partial charge < -0.3 is 9.26 Å².